The van der Waals surface area contributed by atoms with Gasteiger partial charge in [-0.2, -0.15) is 4.98 Å². The number of benzene rings is 2. The number of rotatable bonds is 7. The Morgan fingerprint density at radius 3 is 2.47 bits per heavy atom. The molecule has 1 amide bonds. The minimum absolute atomic E-state index is 0.0730. The molecule has 164 valence electrons. The monoisotopic (exact) mass is 449 g/mol. The first-order chi connectivity index (χ1) is 15.4. The highest BCUT2D eigenvalue weighted by Crippen LogP contribution is 2.23. The van der Waals surface area contributed by atoms with E-state index in [-0.39, 0.29) is 18.9 Å². The Morgan fingerprint density at radius 1 is 1.06 bits per heavy atom. The molecule has 0 saturated heterocycles. The topological polar surface area (TPSA) is 72.6 Å². The third-order valence-electron chi connectivity index (χ3n) is 4.99. The minimum atomic E-state index is -0.0730. The summed E-state index contributed by atoms with van der Waals surface area (Å²) in [5.74, 6) is 1.72. The molecule has 0 radical (unpaired) electrons. The summed E-state index contributed by atoms with van der Waals surface area (Å²) >= 11 is 5.98. The van der Waals surface area contributed by atoms with Crippen LogP contribution in [0.1, 0.15) is 29.7 Å². The van der Waals surface area contributed by atoms with Gasteiger partial charge in [0, 0.05) is 22.1 Å². The molecule has 0 saturated carbocycles. The summed E-state index contributed by atoms with van der Waals surface area (Å²) < 4.78 is 7.24. The Kier molecular flexibility index (Phi) is 6.37. The second kappa shape index (κ2) is 9.36. The minimum Gasteiger partial charge on any atom is -0.494 e. The predicted octanol–water partition coefficient (Wildman–Crippen LogP) is 4.57. The van der Waals surface area contributed by atoms with Gasteiger partial charge >= 0.3 is 0 Å². The van der Waals surface area contributed by atoms with Crippen molar-refractivity contribution in [1.29, 1.82) is 0 Å². The molecule has 4 aromatic rings. The number of hydrogen-bond acceptors (Lipinski definition) is 5. The molecular formula is C24H24ClN5O2. The number of halogens is 1. The fraction of sp³-hybridized carbons (Fsp3) is 0.250. The van der Waals surface area contributed by atoms with Crippen LogP contribution in [0, 0.1) is 13.8 Å². The van der Waals surface area contributed by atoms with Crippen LogP contribution >= 0.6 is 11.6 Å². The largest absolute Gasteiger partial charge is 0.494 e. The molecule has 7 nitrogen and oxygen atoms in total. The zero-order valence-electron chi connectivity index (χ0n) is 18.2. The van der Waals surface area contributed by atoms with E-state index in [1.54, 1.807) is 21.5 Å². The standard InChI is InChI=1S/C24H24ClN5O2/c1-4-32-21-11-9-20(10-12-21)29(23(31)14-18-5-7-19(25)8-6-18)15-22-27-24-26-16(2)13-17(3)30(24)28-22/h5-13H,4,14-15H2,1-3H3. The average Bonchev–Trinajstić information content (AvgIpc) is 3.17. The number of fused-ring (bicyclic) bond motifs is 1. The molecule has 0 aliphatic carbocycles. The van der Waals surface area contributed by atoms with Crippen molar-refractivity contribution < 1.29 is 9.53 Å². The molecular weight excluding hydrogens is 426 g/mol. The number of carbonyl (C=O) groups excluding carboxylic acids is 1. The van der Waals surface area contributed by atoms with Gasteiger partial charge in [-0.25, -0.2) is 9.50 Å². The lowest BCUT2D eigenvalue weighted by Gasteiger charge is -2.22. The van der Waals surface area contributed by atoms with Crippen LogP contribution in [-0.2, 0) is 17.8 Å². The summed E-state index contributed by atoms with van der Waals surface area (Å²) in [6.45, 7) is 6.61. The Labute approximate surface area is 191 Å². The molecule has 4 rings (SSSR count). The van der Waals surface area contributed by atoms with Crippen molar-refractivity contribution in [2.45, 2.75) is 33.7 Å². The van der Waals surface area contributed by atoms with Crippen LogP contribution in [0.5, 0.6) is 5.75 Å². The molecule has 2 aromatic heterocycles. The van der Waals surface area contributed by atoms with Crippen LogP contribution in [0.4, 0.5) is 5.69 Å². The highest BCUT2D eigenvalue weighted by atomic mass is 35.5. The fourth-order valence-electron chi connectivity index (χ4n) is 3.50. The van der Waals surface area contributed by atoms with E-state index in [2.05, 4.69) is 15.1 Å². The van der Waals surface area contributed by atoms with E-state index in [0.29, 0.717) is 23.2 Å². The van der Waals surface area contributed by atoms with Gasteiger partial charge in [-0.1, -0.05) is 23.7 Å². The number of nitrogens with zero attached hydrogens (tertiary/aromatic N) is 5. The molecule has 0 aliphatic heterocycles. The summed E-state index contributed by atoms with van der Waals surface area (Å²) in [5.41, 5.74) is 3.43. The highest BCUT2D eigenvalue weighted by molar-refractivity contribution is 6.30. The highest BCUT2D eigenvalue weighted by Gasteiger charge is 2.20. The number of carbonyl (C=O) groups is 1. The van der Waals surface area contributed by atoms with Crippen LogP contribution < -0.4 is 9.64 Å². The van der Waals surface area contributed by atoms with Crippen molar-refractivity contribution in [3.8, 4) is 5.75 Å². The molecule has 2 aromatic carbocycles. The lowest BCUT2D eigenvalue weighted by atomic mass is 10.1. The number of anilines is 1. The predicted molar refractivity (Wildman–Crippen MR) is 124 cm³/mol. The van der Waals surface area contributed by atoms with Gasteiger partial charge in [0.25, 0.3) is 5.78 Å². The van der Waals surface area contributed by atoms with Crippen LogP contribution in [0.3, 0.4) is 0 Å². The SMILES string of the molecule is CCOc1ccc(N(Cc2nc3nc(C)cc(C)n3n2)C(=O)Cc2ccc(Cl)cc2)cc1. The molecule has 0 spiro atoms. The Morgan fingerprint density at radius 2 is 1.78 bits per heavy atom. The Balaban J connectivity index is 1.65. The van der Waals surface area contributed by atoms with Crippen molar-refractivity contribution in [1.82, 2.24) is 19.6 Å². The summed E-state index contributed by atoms with van der Waals surface area (Å²) in [5, 5.41) is 5.21. The third-order valence-corrected chi connectivity index (χ3v) is 5.24. The smallest absolute Gasteiger partial charge is 0.252 e. The van der Waals surface area contributed by atoms with Crippen molar-refractivity contribution in [2.24, 2.45) is 0 Å². The van der Waals surface area contributed by atoms with Gasteiger partial charge in [-0.3, -0.25) is 4.79 Å². The van der Waals surface area contributed by atoms with E-state index in [0.717, 1.165) is 28.4 Å². The van der Waals surface area contributed by atoms with Crippen molar-refractivity contribution in [2.75, 3.05) is 11.5 Å². The summed E-state index contributed by atoms with van der Waals surface area (Å²) in [4.78, 5) is 24.0. The lowest BCUT2D eigenvalue weighted by molar-refractivity contribution is -0.118. The van der Waals surface area contributed by atoms with Gasteiger partial charge in [0.2, 0.25) is 5.91 Å². The second-order valence-corrected chi connectivity index (χ2v) is 7.93. The van der Waals surface area contributed by atoms with E-state index in [1.807, 2.05) is 63.2 Å². The van der Waals surface area contributed by atoms with Gasteiger partial charge in [0.1, 0.15) is 5.75 Å². The lowest BCUT2D eigenvalue weighted by Crippen LogP contribution is -2.32. The van der Waals surface area contributed by atoms with Gasteiger partial charge in [0.15, 0.2) is 5.82 Å². The van der Waals surface area contributed by atoms with Crippen LogP contribution in [0.2, 0.25) is 5.02 Å². The van der Waals surface area contributed by atoms with Crippen molar-refractivity contribution in [3.63, 3.8) is 0 Å². The van der Waals surface area contributed by atoms with Gasteiger partial charge in [0.05, 0.1) is 19.6 Å². The first kappa shape index (κ1) is 21.8. The van der Waals surface area contributed by atoms with Crippen molar-refractivity contribution in [3.05, 3.63) is 82.4 Å². The number of aromatic nitrogens is 4. The van der Waals surface area contributed by atoms with E-state index in [1.165, 1.54) is 0 Å². The zero-order chi connectivity index (χ0) is 22.7. The van der Waals surface area contributed by atoms with E-state index >= 15 is 0 Å². The second-order valence-electron chi connectivity index (χ2n) is 7.49. The van der Waals surface area contributed by atoms with Crippen LogP contribution in [0.15, 0.2) is 54.6 Å². The quantitative estimate of drug-likeness (QED) is 0.413. The van der Waals surface area contributed by atoms with Crippen molar-refractivity contribution >= 4 is 29.0 Å². The average molecular weight is 450 g/mol. The maximum absolute atomic E-state index is 13.3. The van der Waals surface area contributed by atoms with E-state index in [9.17, 15) is 4.79 Å². The molecule has 0 fully saturated rings. The fourth-order valence-corrected chi connectivity index (χ4v) is 3.63. The molecule has 0 aliphatic rings. The van der Waals surface area contributed by atoms with E-state index in [4.69, 9.17) is 16.3 Å². The van der Waals surface area contributed by atoms with Crippen LogP contribution in [0.25, 0.3) is 5.78 Å². The Hall–Kier alpha value is -3.45. The molecule has 0 bridgehead atoms. The molecule has 2 heterocycles. The normalized spacial score (nSPS) is 11.0. The molecule has 32 heavy (non-hydrogen) atoms. The third kappa shape index (κ3) is 4.89. The summed E-state index contributed by atoms with van der Waals surface area (Å²) in [6.07, 6.45) is 0.230. The number of aryl methyl sites for hydroxylation is 2. The molecule has 0 unspecified atom stereocenters. The van der Waals surface area contributed by atoms with E-state index < -0.39 is 0 Å². The van der Waals surface area contributed by atoms with Crippen LogP contribution in [-0.4, -0.2) is 32.1 Å². The molecule has 8 heteroatoms. The first-order valence-corrected chi connectivity index (χ1v) is 10.8. The Bertz CT molecular complexity index is 1240. The zero-order valence-corrected chi connectivity index (χ0v) is 19.0. The summed E-state index contributed by atoms with van der Waals surface area (Å²) in [7, 11) is 0. The molecule has 0 N–H and O–H groups in total. The number of hydrogen-bond donors (Lipinski definition) is 0. The van der Waals surface area contributed by atoms with Gasteiger partial charge in [-0.05, 0) is 68.8 Å². The summed E-state index contributed by atoms with van der Waals surface area (Å²) in [6, 6.07) is 16.7. The molecule has 0 atom stereocenters. The maximum Gasteiger partial charge on any atom is 0.252 e. The van der Waals surface area contributed by atoms with Gasteiger partial charge in [-0.15, -0.1) is 5.10 Å². The maximum atomic E-state index is 13.3. The first-order valence-electron chi connectivity index (χ1n) is 10.4. The number of amides is 1. The number of ether oxygens (including phenoxy) is 1. The van der Waals surface area contributed by atoms with Gasteiger partial charge < -0.3 is 9.64 Å².